The van der Waals surface area contributed by atoms with E-state index >= 15 is 0 Å². The zero-order valence-corrected chi connectivity index (χ0v) is 8.67. The number of ether oxygens (including phenoxy) is 1. The molecule has 82 valence electrons. The van der Waals surface area contributed by atoms with Gasteiger partial charge in [0.15, 0.2) is 0 Å². The molecule has 0 aliphatic carbocycles. The van der Waals surface area contributed by atoms with Gasteiger partial charge in [0.1, 0.15) is 5.75 Å². The van der Waals surface area contributed by atoms with E-state index in [0.29, 0.717) is 23.2 Å². The second kappa shape index (κ2) is 4.14. The Labute approximate surface area is 91.7 Å². The number of hydrogen-bond acceptors (Lipinski definition) is 5. The Balaban J connectivity index is 2.44. The number of rotatable bonds is 2. The van der Waals surface area contributed by atoms with Crippen molar-refractivity contribution in [2.24, 2.45) is 0 Å². The number of fused-ring (bicyclic) bond motifs is 1. The predicted molar refractivity (Wildman–Crippen MR) is 57.2 cm³/mol. The van der Waals surface area contributed by atoms with Crippen molar-refractivity contribution in [3.05, 3.63) is 30.1 Å². The largest absolute Gasteiger partial charge is 0.506 e. The van der Waals surface area contributed by atoms with Crippen molar-refractivity contribution in [3.63, 3.8) is 0 Å². The monoisotopic (exact) mass is 218 g/mol. The molecule has 1 N–H and O–H groups in total. The van der Waals surface area contributed by atoms with E-state index in [2.05, 4.69) is 9.97 Å². The summed E-state index contributed by atoms with van der Waals surface area (Å²) >= 11 is 0. The molecule has 0 spiro atoms. The van der Waals surface area contributed by atoms with Crippen LogP contribution in [0.1, 0.15) is 17.3 Å². The van der Waals surface area contributed by atoms with Gasteiger partial charge in [0, 0.05) is 12.3 Å². The van der Waals surface area contributed by atoms with Gasteiger partial charge >= 0.3 is 5.97 Å². The lowest BCUT2D eigenvalue weighted by Crippen LogP contribution is -2.05. The summed E-state index contributed by atoms with van der Waals surface area (Å²) in [4.78, 5) is 19.4. The lowest BCUT2D eigenvalue weighted by Gasteiger charge is -2.02. The van der Waals surface area contributed by atoms with E-state index in [1.807, 2.05) is 0 Å². The summed E-state index contributed by atoms with van der Waals surface area (Å²) in [5.41, 5.74) is 1.43. The average molecular weight is 218 g/mol. The van der Waals surface area contributed by atoms with Gasteiger partial charge in [0.25, 0.3) is 0 Å². The van der Waals surface area contributed by atoms with E-state index in [-0.39, 0.29) is 5.75 Å². The fourth-order valence-corrected chi connectivity index (χ4v) is 1.32. The zero-order valence-electron chi connectivity index (χ0n) is 8.67. The average Bonchev–Trinajstić information content (AvgIpc) is 2.28. The van der Waals surface area contributed by atoms with Crippen LogP contribution >= 0.6 is 0 Å². The fourth-order valence-electron chi connectivity index (χ4n) is 1.32. The number of hydrogen-bond donors (Lipinski definition) is 1. The van der Waals surface area contributed by atoms with Crippen LogP contribution in [0.2, 0.25) is 0 Å². The van der Waals surface area contributed by atoms with Crippen LogP contribution in [-0.2, 0) is 4.74 Å². The third kappa shape index (κ3) is 1.93. The molecular formula is C11H10N2O3. The standard InChI is InChI=1S/C11H10N2O3/c1-2-16-11(15)7-3-9-10(12-5-7)4-8(14)6-13-9/h3-6,14H,2H2,1H3. The highest BCUT2D eigenvalue weighted by molar-refractivity contribution is 5.92. The van der Waals surface area contributed by atoms with Crippen molar-refractivity contribution in [1.29, 1.82) is 0 Å². The Morgan fingerprint density at radius 2 is 2.00 bits per heavy atom. The molecule has 16 heavy (non-hydrogen) atoms. The molecule has 0 atom stereocenters. The molecule has 2 rings (SSSR count). The first-order chi connectivity index (χ1) is 7.70. The normalized spacial score (nSPS) is 10.3. The second-order valence-electron chi connectivity index (χ2n) is 3.18. The first-order valence-corrected chi connectivity index (χ1v) is 4.82. The third-order valence-corrected chi connectivity index (χ3v) is 2.03. The van der Waals surface area contributed by atoms with Crippen molar-refractivity contribution in [2.45, 2.75) is 6.92 Å². The van der Waals surface area contributed by atoms with Gasteiger partial charge in [-0.25, -0.2) is 4.79 Å². The van der Waals surface area contributed by atoms with Crippen molar-refractivity contribution in [1.82, 2.24) is 9.97 Å². The zero-order chi connectivity index (χ0) is 11.5. The van der Waals surface area contributed by atoms with E-state index in [4.69, 9.17) is 4.74 Å². The highest BCUT2D eigenvalue weighted by Crippen LogP contribution is 2.16. The Morgan fingerprint density at radius 1 is 1.31 bits per heavy atom. The lowest BCUT2D eigenvalue weighted by atomic mass is 10.2. The highest BCUT2D eigenvalue weighted by Gasteiger charge is 2.08. The summed E-state index contributed by atoms with van der Waals surface area (Å²) in [7, 11) is 0. The van der Waals surface area contributed by atoms with Crippen LogP contribution in [0.15, 0.2) is 24.5 Å². The lowest BCUT2D eigenvalue weighted by molar-refractivity contribution is 0.0526. The Morgan fingerprint density at radius 3 is 2.75 bits per heavy atom. The number of aromatic nitrogens is 2. The first-order valence-electron chi connectivity index (χ1n) is 4.82. The summed E-state index contributed by atoms with van der Waals surface area (Å²) in [5, 5.41) is 9.20. The SMILES string of the molecule is CCOC(=O)c1cnc2cc(O)cnc2c1. The molecule has 0 aliphatic rings. The number of esters is 1. The molecule has 0 radical (unpaired) electrons. The molecule has 0 aliphatic heterocycles. The van der Waals surface area contributed by atoms with Crippen molar-refractivity contribution >= 4 is 17.0 Å². The van der Waals surface area contributed by atoms with Crippen LogP contribution in [-0.4, -0.2) is 27.7 Å². The van der Waals surface area contributed by atoms with Crippen molar-refractivity contribution < 1.29 is 14.6 Å². The molecule has 2 aromatic rings. The number of pyridine rings is 2. The van der Waals surface area contributed by atoms with Gasteiger partial charge in [-0.15, -0.1) is 0 Å². The Bertz CT molecular complexity index is 540. The summed E-state index contributed by atoms with van der Waals surface area (Å²) in [5.74, 6) is -0.379. The van der Waals surface area contributed by atoms with Gasteiger partial charge in [-0.3, -0.25) is 9.97 Å². The number of aromatic hydroxyl groups is 1. The summed E-state index contributed by atoms with van der Waals surface area (Å²) in [6, 6.07) is 3.07. The van der Waals surface area contributed by atoms with Crippen molar-refractivity contribution in [2.75, 3.05) is 6.61 Å². The third-order valence-electron chi connectivity index (χ3n) is 2.03. The van der Waals surface area contributed by atoms with Gasteiger partial charge in [-0.1, -0.05) is 0 Å². The predicted octanol–water partition coefficient (Wildman–Crippen LogP) is 1.51. The molecule has 2 heterocycles. The number of carbonyl (C=O) groups excluding carboxylic acids is 1. The van der Waals surface area contributed by atoms with Crippen LogP contribution in [0, 0.1) is 0 Å². The summed E-state index contributed by atoms with van der Waals surface area (Å²) in [6.07, 6.45) is 2.71. The van der Waals surface area contributed by atoms with E-state index in [9.17, 15) is 9.90 Å². The van der Waals surface area contributed by atoms with Gasteiger partial charge in [0.2, 0.25) is 0 Å². The molecule has 0 unspecified atom stereocenters. The van der Waals surface area contributed by atoms with E-state index < -0.39 is 5.97 Å². The minimum Gasteiger partial charge on any atom is -0.506 e. The summed E-state index contributed by atoms with van der Waals surface area (Å²) in [6.45, 7) is 2.06. The quantitative estimate of drug-likeness (QED) is 0.773. The van der Waals surface area contributed by atoms with E-state index in [1.165, 1.54) is 18.5 Å². The van der Waals surface area contributed by atoms with Gasteiger partial charge < -0.3 is 9.84 Å². The van der Waals surface area contributed by atoms with Gasteiger partial charge in [-0.05, 0) is 13.0 Å². The molecule has 0 fully saturated rings. The molecular weight excluding hydrogens is 208 g/mol. The molecule has 0 amide bonds. The summed E-state index contributed by atoms with van der Waals surface area (Å²) < 4.78 is 4.84. The molecule has 0 saturated carbocycles. The maximum Gasteiger partial charge on any atom is 0.339 e. The molecule has 2 aromatic heterocycles. The maximum absolute atomic E-state index is 11.4. The van der Waals surface area contributed by atoms with Gasteiger partial charge in [0.05, 0.1) is 29.4 Å². The minimum atomic E-state index is -0.424. The van der Waals surface area contributed by atoms with Crippen LogP contribution in [0.5, 0.6) is 5.75 Å². The van der Waals surface area contributed by atoms with Crippen molar-refractivity contribution in [3.8, 4) is 5.75 Å². The van der Waals surface area contributed by atoms with Gasteiger partial charge in [-0.2, -0.15) is 0 Å². The Hall–Kier alpha value is -2.17. The smallest absolute Gasteiger partial charge is 0.339 e. The van der Waals surface area contributed by atoms with E-state index in [0.717, 1.165) is 0 Å². The van der Waals surface area contributed by atoms with E-state index in [1.54, 1.807) is 13.0 Å². The van der Waals surface area contributed by atoms with Crippen LogP contribution in [0.25, 0.3) is 11.0 Å². The molecule has 5 heteroatoms. The fraction of sp³-hybridized carbons (Fsp3) is 0.182. The molecule has 0 saturated heterocycles. The number of carbonyl (C=O) groups is 1. The van der Waals surface area contributed by atoms with Crippen LogP contribution < -0.4 is 0 Å². The Kier molecular flexibility index (Phi) is 2.68. The number of nitrogens with zero attached hydrogens (tertiary/aromatic N) is 2. The first kappa shape index (κ1) is 10.4. The molecule has 5 nitrogen and oxygen atoms in total. The maximum atomic E-state index is 11.4. The highest BCUT2D eigenvalue weighted by atomic mass is 16.5. The minimum absolute atomic E-state index is 0.0453. The topological polar surface area (TPSA) is 72.3 Å². The molecule has 0 aromatic carbocycles. The second-order valence-corrected chi connectivity index (χ2v) is 3.18. The van der Waals surface area contributed by atoms with Crippen LogP contribution in [0.4, 0.5) is 0 Å². The molecule has 0 bridgehead atoms. The van der Waals surface area contributed by atoms with Crippen LogP contribution in [0.3, 0.4) is 0 Å².